The molecule has 2 aliphatic rings. The van der Waals surface area contributed by atoms with Gasteiger partial charge in [0.15, 0.2) is 11.5 Å². The molecule has 0 aliphatic carbocycles. The zero-order valence-corrected chi connectivity index (χ0v) is 16.5. The standard InChI is InChI=1S/C22H20N2O3S/c1-25-20-6-3-5-16-18-13-17(19-7-4-12-26-19)23-24(18)22(27-21(16)20)14-8-10-15(28-2)11-9-14/h3-12,18,22H,13H2,1-2H3. The van der Waals surface area contributed by atoms with Crippen molar-refractivity contribution in [3.8, 4) is 11.5 Å². The first-order valence-electron chi connectivity index (χ1n) is 9.15. The Labute approximate surface area is 167 Å². The van der Waals surface area contributed by atoms with Crippen LogP contribution in [-0.4, -0.2) is 24.1 Å². The number of methoxy groups -OCH3 is 1. The number of hydrogen-bond donors (Lipinski definition) is 0. The second-order valence-electron chi connectivity index (χ2n) is 6.75. The van der Waals surface area contributed by atoms with Crippen molar-refractivity contribution in [1.82, 2.24) is 5.01 Å². The molecule has 0 spiro atoms. The molecule has 1 aromatic heterocycles. The number of hydrogen-bond acceptors (Lipinski definition) is 6. The van der Waals surface area contributed by atoms with Gasteiger partial charge in [-0.1, -0.05) is 24.3 Å². The normalized spacial score (nSPS) is 20.2. The molecule has 0 bridgehead atoms. The maximum absolute atomic E-state index is 6.45. The van der Waals surface area contributed by atoms with E-state index < -0.39 is 0 Å². The van der Waals surface area contributed by atoms with Crippen molar-refractivity contribution in [3.05, 3.63) is 77.7 Å². The summed E-state index contributed by atoms with van der Waals surface area (Å²) in [7, 11) is 1.67. The number of rotatable bonds is 4. The lowest BCUT2D eigenvalue weighted by Crippen LogP contribution is -2.33. The van der Waals surface area contributed by atoms with Gasteiger partial charge in [-0.15, -0.1) is 11.8 Å². The van der Waals surface area contributed by atoms with Gasteiger partial charge >= 0.3 is 0 Å². The van der Waals surface area contributed by atoms with Gasteiger partial charge in [-0.2, -0.15) is 5.10 Å². The second-order valence-corrected chi connectivity index (χ2v) is 7.63. The van der Waals surface area contributed by atoms with Crippen LogP contribution in [0.25, 0.3) is 0 Å². The molecule has 2 aromatic carbocycles. The molecular weight excluding hydrogens is 372 g/mol. The van der Waals surface area contributed by atoms with E-state index in [9.17, 15) is 0 Å². The molecule has 2 atom stereocenters. The Hall–Kier alpha value is -2.86. The summed E-state index contributed by atoms with van der Waals surface area (Å²) in [5.41, 5.74) is 3.07. The quantitative estimate of drug-likeness (QED) is 0.567. The molecule has 0 radical (unpaired) electrons. The lowest BCUT2D eigenvalue weighted by molar-refractivity contribution is -0.0209. The van der Waals surface area contributed by atoms with Crippen molar-refractivity contribution >= 4 is 17.5 Å². The van der Waals surface area contributed by atoms with Crippen LogP contribution in [-0.2, 0) is 0 Å². The predicted molar refractivity (Wildman–Crippen MR) is 109 cm³/mol. The SMILES string of the molecule is COc1cccc2c1OC(c1ccc(SC)cc1)N1N=C(c3ccco3)CC21. The van der Waals surface area contributed by atoms with Gasteiger partial charge < -0.3 is 13.9 Å². The van der Waals surface area contributed by atoms with Crippen LogP contribution in [0.2, 0.25) is 0 Å². The Morgan fingerprint density at radius 3 is 2.68 bits per heavy atom. The third-order valence-corrected chi connectivity index (χ3v) is 5.95. The van der Waals surface area contributed by atoms with E-state index in [2.05, 4.69) is 36.6 Å². The first-order chi connectivity index (χ1) is 13.8. The van der Waals surface area contributed by atoms with E-state index >= 15 is 0 Å². The Balaban J connectivity index is 1.61. The third kappa shape index (κ3) is 2.76. The van der Waals surface area contributed by atoms with Crippen molar-refractivity contribution in [3.63, 3.8) is 0 Å². The molecule has 6 heteroatoms. The topological polar surface area (TPSA) is 47.2 Å². The zero-order chi connectivity index (χ0) is 19.1. The average Bonchev–Trinajstić information content (AvgIpc) is 3.42. The van der Waals surface area contributed by atoms with Crippen molar-refractivity contribution in [1.29, 1.82) is 0 Å². The molecule has 142 valence electrons. The number of nitrogens with zero attached hydrogens (tertiary/aromatic N) is 2. The fourth-order valence-corrected chi connectivity index (χ4v) is 4.23. The zero-order valence-electron chi connectivity index (χ0n) is 15.7. The first-order valence-corrected chi connectivity index (χ1v) is 10.4. The largest absolute Gasteiger partial charge is 0.493 e. The second kappa shape index (κ2) is 6.95. The highest BCUT2D eigenvalue weighted by Gasteiger charge is 2.42. The molecule has 3 heterocycles. The number of benzene rings is 2. The molecule has 0 fully saturated rings. The molecule has 2 aliphatic heterocycles. The van der Waals surface area contributed by atoms with Crippen molar-refractivity contribution < 1.29 is 13.9 Å². The highest BCUT2D eigenvalue weighted by molar-refractivity contribution is 7.98. The molecule has 5 nitrogen and oxygen atoms in total. The molecule has 2 unspecified atom stereocenters. The van der Waals surface area contributed by atoms with E-state index in [1.165, 1.54) is 4.90 Å². The smallest absolute Gasteiger partial charge is 0.214 e. The van der Waals surface area contributed by atoms with Crippen LogP contribution in [0, 0.1) is 0 Å². The summed E-state index contributed by atoms with van der Waals surface area (Å²) in [5, 5.41) is 6.94. The van der Waals surface area contributed by atoms with E-state index in [1.807, 2.05) is 29.3 Å². The van der Waals surface area contributed by atoms with Crippen LogP contribution < -0.4 is 9.47 Å². The Kier molecular flexibility index (Phi) is 4.28. The maximum Gasteiger partial charge on any atom is 0.214 e. The predicted octanol–water partition coefficient (Wildman–Crippen LogP) is 5.25. The molecule has 0 amide bonds. The van der Waals surface area contributed by atoms with Crippen LogP contribution in [0.4, 0.5) is 0 Å². The minimum atomic E-state index is -0.322. The number of fused-ring (bicyclic) bond motifs is 3. The molecular formula is C22H20N2O3S. The number of hydrazone groups is 1. The van der Waals surface area contributed by atoms with Crippen LogP contribution in [0.5, 0.6) is 11.5 Å². The Morgan fingerprint density at radius 2 is 1.96 bits per heavy atom. The van der Waals surface area contributed by atoms with Crippen molar-refractivity contribution in [2.24, 2.45) is 5.10 Å². The van der Waals surface area contributed by atoms with E-state index in [0.717, 1.165) is 40.5 Å². The average molecular weight is 392 g/mol. The van der Waals surface area contributed by atoms with Gasteiger partial charge in [0.1, 0.15) is 11.5 Å². The minimum absolute atomic E-state index is 0.0733. The summed E-state index contributed by atoms with van der Waals surface area (Å²) in [5.74, 6) is 2.34. The summed E-state index contributed by atoms with van der Waals surface area (Å²) in [6.45, 7) is 0. The summed E-state index contributed by atoms with van der Waals surface area (Å²) >= 11 is 1.72. The first kappa shape index (κ1) is 17.3. The summed E-state index contributed by atoms with van der Waals surface area (Å²) in [6, 6.07) is 18.4. The van der Waals surface area contributed by atoms with Crippen LogP contribution in [0.15, 0.2) is 75.3 Å². The van der Waals surface area contributed by atoms with E-state index in [-0.39, 0.29) is 12.3 Å². The molecule has 0 saturated heterocycles. The van der Waals surface area contributed by atoms with Crippen molar-refractivity contribution in [2.45, 2.75) is 23.6 Å². The van der Waals surface area contributed by atoms with Gasteiger partial charge in [0.05, 0.1) is 19.4 Å². The van der Waals surface area contributed by atoms with Gasteiger partial charge in [-0.25, -0.2) is 5.01 Å². The van der Waals surface area contributed by atoms with E-state index in [1.54, 1.807) is 25.1 Å². The van der Waals surface area contributed by atoms with Gasteiger partial charge in [-0.3, -0.25) is 0 Å². The van der Waals surface area contributed by atoms with Gasteiger partial charge in [0.2, 0.25) is 6.23 Å². The molecule has 5 rings (SSSR count). The van der Waals surface area contributed by atoms with Crippen LogP contribution in [0.1, 0.15) is 35.6 Å². The summed E-state index contributed by atoms with van der Waals surface area (Å²) < 4.78 is 17.6. The number of furan rings is 1. The Bertz CT molecular complexity index is 1010. The number of ether oxygens (including phenoxy) is 2. The number of thioether (sulfide) groups is 1. The lowest BCUT2D eigenvalue weighted by atomic mass is 9.97. The van der Waals surface area contributed by atoms with Gasteiger partial charge in [0, 0.05) is 22.4 Å². The lowest BCUT2D eigenvalue weighted by Gasteiger charge is -2.38. The summed E-state index contributed by atoms with van der Waals surface area (Å²) in [6.07, 6.45) is 4.19. The Morgan fingerprint density at radius 1 is 1.11 bits per heavy atom. The highest BCUT2D eigenvalue weighted by atomic mass is 32.2. The van der Waals surface area contributed by atoms with Crippen molar-refractivity contribution in [2.75, 3.05) is 13.4 Å². The van der Waals surface area contributed by atoms with Gasteiger partial charge in [-0.05, 0) is 36.6 Å². The number of para-hydroxylation sites is 1. The van der Waals surface area contributed by atoms with E-state index in [0.29, 0.717) is 0 Å². The van der Waals surface area contributed by atoms with E-state index in [4.69, 9.17) is 19.0 Å². The molecule has 28 heavy (non-hydrogen) atoms. The highest BCUT2D eigenvalue weighted by Crippen LogP contribution is 2.50. The fraction of sp³-hybridized carbons (Fsp3) is 0.227. The fourth-order valence-electron chi connectivity index (χ4n) is 3.82. The van der Waals surface area contributed by atoms with Gasteiger partial charge in [0.25, 0.3) is 0 Å². The molecule has 0 N–H and O–H groups in total. The monoisotopic (exact) mass is 392 g/mol. The van der Waals surface area contributed by atoms with Crippen LogP contribution >= 0.6 is 11.8 Å². The molecule has 3 aromatic rings. The molecule has 0 saturated carbocycles. The van der Waals surface area contributed by atoms with Crippen LogP contribution in [0.3, 0.4) is 0 Å². The summed E-state index contributed by atoms with van der Waals surface area (Å²) in [4.78, 5) is 1.22. The maximum atomic E-state index is 6.45. The minimum Gasteiger partial charge on any atom is -0.493 e. The third-order valence-electron chi connectivity index (χ3n) is 5.21.